The number of carbonyl (C=O) groups is 1. The van der Waals surface area contributed by atoms with Crippen molar-refractivity contribution in [1.29, 1.82) is 0 Å². The minimum absolute atomic E-state index is 0.0807. The summed E-state index contributed by atoms with van der Waals surface area (Å²) >= 11 is 0. The lowest BCUT2D eigenvalue weighted by Gasteiger charge is -2.35. The van der Waals surface area contributed by atoms with Gasteiger partial charge in [0.05, 0.1) is 0 Å². The maximum absolute atomic E-state index is 12.5. The van der Waals surface area contributed by atoms with E-state index in [9.17, 15) is 4.79 Å². The van der Waals surface area contributed by atoms with Crippen LogP contribution >= 0.6 is 0 Å². The summed E-state index contributed by atoms with van der Waals surface area (Å²) in [6.45, 7) is 4.49. The first-order valence-electron chi connectivity index (χ1n) is 9.62. The molecule has 3 aromatic rings. The molecule has 2 heterocycles. The summed E-state index contributed by atoms with van der Waals surface area (Å²) in [7, 11) is 0. The molecule has 148 valence electrons. The molecule has 1 saturated heterocycles. The third-order valence-corrected chi connectivity index (χ3v) is 4.68. The predicted octanol–water partition coefficient (Wildman–Crippen LogP) is 3.93. The standard InChI is InChI=1S/C22H23N5O2/c1-17-23-20(16-21(24-17)29-19-10-6-3-7-11-19)26-12-14-27(15-13-26)22(28)25-18-8-4-2-5-9-18/h2-11,16H,12-15H2,1H3,(H,25,28). The van der Waals surface area contributed by atoms with E-state index in [1.807, 2.05) is 78.6 Å². The van der Waals surface area contributed by atoms with Crippen LogP contribution in [-0.2, 0) is 0 Å². The van der Waals surface area contributed by atoms with Gasteiger partial charge in [-0.2, -0.15) is 4.98 Å². The first-order valence-corrected chi connectivity index (χ1v) is 9.62. The van der Waals surface area contributed by atoms with E-state index in [1.54, 1.807) is 0 Å². The number of rotatable bonds is 4. The molecule has 1 N–H and O–H groups in total. The fourth-order valence-corrected chi connectivity index (χ4v) is 3.21. The SMILES string of the molecule is Cc1nc(Oc2ccccc2)cc(N2CCN(C(=O)Nc3ccccc3)CC2)n1. The fourth-order valence-electron chi connectivity index (χ4n) is 3.21. The van der Waals surface area contributed by atoms with Gasteiger partial charge in [-0.3, -0.25) is 0 Å². The summed E-state index contributed by atoms with van der Waals surface area (Å²) in [5.41, 5.74) is 0.800. The van der Waals surface area contributed by atoms with Gasteiger partial charge in [-0.15, -0.1) is 0 Å². The highest BCUT2D eigenvalue weighted by Crippen LogP contribution is 2.24. The van der Waals surface area contributed by atoms with Crippen LogP contribution in [0.25, 0.3) is 0 Å². The van der Waals surface area contributed by atoms with E-state index in [1.165, 1.54) is 0 Å². The molecule has 0 aliphatic carbocycles. The summed E-state index contributed by atoms with van der Waals surface area (Å²) in [6.07, 6.45) is 0. The van der Waals surface area contributed by atoms with Crippen LogP contribution in [0.4, 0.5) is 16.3 Å². The summed E-state index contributed by atoms with van der Waals surface area (Å²) in [5, 5.41) is 2.93. The zero-order chi connectivity index (χ0) is 20.1. The maximum atomic E-state index is 12.5. The van der Waals surface area contributed by atoms with Gasteiger partial charge in [-0.05, 0) is 31.2 Å². The van der Waals surface area contributed by atoms with Gasteiger partial charge < -0.3 is 19.9 Å². The summed E-state index contributed by atoms with van der Waals surface area (Å²) < 4.78 is 5.86. The number of carbonyl (C=O) groups excluding carboxylic acids is 1. The second-order valence-corrected chi connectivity index (χ2v) is 6.80. The molecule has 1 aliphatic heterocycles. The van der Waals surface area contributed by atoms with Crippen molar-refractivity contribution in [2.75, 3.05) is 36.4 Å². The smallest absolute Gasteiger partial charge is 0.321 e. The van der Waals surface area contributed by atoms with Crippen LogP contribution in [0.5, 0.6) is 11.6 Å². The molecule has 29 heavy (non-hydrogen) atoms. The Bertz CT molecular complexity index is 957. The third kappa shape index (κ3) is 4.82. The van der Waals surface area contributed by atoms with Crippen LogP contribution in [-0.4, -0.2) is 47.1 Å². The third-order valence-electron chi connectivity index (χ3n) is 4.68. The molecule has 0 bridgehead atoms. The van der Waals surface area contributed by atoms with Crippen molar-refractivity contribution in [1.82, 2.24) is 14.9 Å². The van der Waals surface area contributed by atoms with Crippen molar-refractivity contribution in [3.63, 3.8) is 0 Å². The molecule has 0 atom stereocenters. The number of ether oxygens (including phenoxy) is 1. The van der Waals surface area contributed by atoms with Crippen LogP contribution in [0, 0.1) is 6.92 Å². The molecule has 1 aliphatic rings. The number of anilines is 2. The molecule has 0 radical (unpaired) electrons. The molecule has 7 heteroatoms. The van der Waals surface area contributed by atoms with Crippen molar-refractivity contribution in [3.8, 4) is 11.6 Å². The van der Waals surface area contributed by atoms with Crippen LogP contribution in [0.15, 0.2) is 66.7 Å². The topological polar surface area (TPSA) is 70.6 Å². The van der Waals surface area contributed by atoms with E-state index in [4.69, 9.17) is 4.74 Å². The van der Waals surface area contributed by atoms with Crippen molar-refractivity contribution in [2.24, 2.45) is 0 Å². The highest BCUT2D eigenvalue weighted by molar-refractivity contribution is 5.89. The molecule has 0 saturated carbocycles. The Balaban J connectivity index is 1.38. The number of aryl methyl sites for hydroxylation is 1. The van der Waals surface area contributed by atoms with Gasteiger partial charge in [0.1, 0.15) is 17.4 Å². The monoisotopic (exact) mass is 389 g/mol. The largest absolute Gasteiger partial charge is 0.439 e. The predicted molar refractivity (Wildman–Crippen MR) is 113 cm³/mol. The first-order chi connectivity index (χ1) is 14.2. The lowest BCUT2D eigenvalue weighted by atomic mass is 10.3. The van der Waals surface area contributed by atoms with Crippen molar-refractivity contribution in [3.05, 3.63) is 72.6 Å². The number of aromatic nitrogens is 2. The van der Waals surface area contributed by atoms with Crippen LogP contribution in [0.2, 0.25) is 0 Å². The van der Waals surface area contributed by atoms with Crippen molar-refractivity contribution in [2.45, 2.75) is 6.92 Å². The van der Waals surface area contributed by atoms with E-state index in [-0.39, 0.29) is 6.03 Å². The molecular formula is C22H23N5O2. The molecule has 2 amide bonds. The fraction of sp³-hybridized carbons (Fsp3) is 0.227. The lowest BCUT2D eigenvalue weighted by Crippen LogP contribution is -2.50. The Morgan fingerprint density at radius 3 is 2.28 bits per heavy atom. The molecule has 0 spiro atoms. The van der Waals surface area contributed by atoms with Crippen molar-refractivity contribution < 1.29 is 9.53 Å². The van der Waals surface area contributed by atoms with Crippen LogP contribution in [0.3, 0.4) is 0 Å². The molecule has 4 rings (SSSR count). The molecular weight excluding hydrogens is 366 g/mol. The second-order valence-electron chi connectivity index (χ2n) is 6.80. The maximum Gasteiger partial charge on any atom is 0.321 e. The van der Waals surface area contributed by atoms with Crippen LogP contribution in [0.1, 0.15) is 5.82 Å². The molecule has 7 nitrogen and oxygen atoms in total. The van der Waals surface area contributed by atoms with E-state index >= 15 is 0 Å². The summed E-state index contributed by atoms with van der Waals surface area (Å²) in [4.78, 5) is 25.4. The number of piperazine rings is 1. The van der Waals surface area contributed by atoms with Gasteiger partial charge in [0, 0.05) is 37.9 Å². The number of hydrogen-bond acceptors (Lipinski definition) is 5. The van der Waals surface area contributed by atoms with Gasteiger partial charge >= 0.3 is 6.03 Å². The Kier molecular flexibility index (Phi) is 5.56. The van der Waals surface area contributed by atoms with Gasteiger partial charge in [0.15, 0.2) is 0 Å². The van der Waals surface area contributed by atoms with Crippen molar-refractivity contribution >= 4 is 17.5 Å². The van der Waals surface area contributed by atoms with E-state index in [2.05, 4.69) is 20.2 Å². The summed E-state index contributed by atoms with van der Waals surface area (Å²) in [6, 6.07) is 20.8. The quantitative estimate of drug-likeness (QED) is 0.732. The average molecular weight is 389 g/mol. The van der Waals surface area contributed by atoms with E-state index < -0.39 is 0 Å². The molecule has 2 aromatic carbocycles. The van der Waals surface area contributed by atoms with E-state index in [0.29, 0.717) is 37.9 Å². The number of para-hydroxylation sites is 2. The minimum atomic E-state index is -0.0807. The second kappa shape index (κ2) is 8.60. The molecule has 1 fully saturated rings. The normalized spacial score (nSPS) is 13.8. The Morgan fingerprint density at radius 2 is 1.59 bits per heavy atom. The van der Waals surface area contributed by atoms with Gasteiger partial charge in [0.2, 0.25) is 5.88 Å². The number of urea groups is 1. The number of nitrogens with one attached hydrogen (secondary N) is 1. The van der Waals surface area contributed by atoms with Gasteiger partial charge in [-0.1, -0.05) is 36.4 Å². The van der Waals surface area contributed by atoms with E-state index in [0.717, 1.165) is 17.3 Å². The first kappa shape index (κ1) is 18.7. The highest BCUT2D eigenvalue weighted by Gasteiger charge is 2.22. The number of hydrogen-bond donors (Lipinski definition) is 1. The van der Waals surface area contributed by atoms with Gasteiger partial charge in [-0.25, -0.2) is 9.78 Å². The zero-order valence-electron chi connectivity index (χ0n) is 16.3. The number of amides is 2. The molecule has 1 aromatic heterocycles. The number of nitrogens with zero attached hydrogens (tertiary/aromatic N) is 4. The lowest BCUT2D eigenvalue weighted by molar-refractivity contribution is 0.208. The zero-order valence-corrected chi connectivity index (χ0v) is 16.3. The number of benzene rings is 2. The highest BCUT2D eigenvalue weighted by atomic mass is 16.5. The molecule has 0 unspecified atom stereocenters. The minimum Gasteiger partial charge on any atom is -0.439 e. The van der Waals surface area contributed by atoms with Gasteiger partial charge in [0.25, 0.3) is 0 Å². The Morgan fingerprint density at radius 1 is 0.931 bits per heavy atom. The summed E-state index contributed by atoms with van der Waals surface area (Å²) in [5.74, 6) is 2.71. The average Bonchev–Trinajstić information content (AvgIpc) is 2.75. The Hall–Kier alpha value is -3.61. The van der Waals surface area contributed by atoms with Crippen LogP contribution < -0.4 is 15.0 Å². The Labute approximate surface area is 170 Å².